The highest BCUT2D eigenvalue weighted by atomic mass is 79.9. The van der Waals surface area contributed by atoms with E-state index < -0.39 is 10.0 Å². The fourth-order valence-electron chi connectivity index (χ4n) is 3.12. The molecule has 1 aromatic heterocycles. The predicted octanol–water partition coefficient (Wildman–Crippen LogP) is 2.20. The molecule has 1 saturated heterocycles. The molecule has 0 unspecified atom stereocenters. The van der Waals surface area contributed by atoms with Crippen LogP contribution >= 0.6 is 15.9 Å². The first kappa shape index (κ1) is 16.7. The van der Waals surface area contributed by atoms with Crippen molar-refractivity contribution in [3.63, 3.8) is 0 Å². The molecule has 0 spiro atoms. The first-order valence-corrected chi connectivity index (χ1v) is 9.92. The number of fused-ring (bicyclic) bond motifs is 1. The highest BCUT2D eigenvalue weighted by molar-refractivity contribution is 9.10. The van der Waals surface area contributed by atoms with Crippen LogP contribution in [0.4, 0.5) is 0 Å². The Balaban J connectivity index is 2.17. The maximum atomic E-state index is 13.0. The summed E-state index contributed by atoms with van der Waals surface area (Å²) in [5.74, 6) is 0. The highest BCUT2D eigenvalue weighted by Gasteiger charge is 2.28. The van der Waals surface area contributed by atoms with Gasteiger partial charge in [-0.1, -0.05) is 12.8 Å². The molecular formula is C15H20BrN3O3S. The summed E-state index contributed by atoms with van der Waals surface area (Å²) in [7, 11) is -0.232. The standard InChI is InChI=1S/C15H20BrN3O3S/c1-17-12-9-11(16)14(10-13(12)18(2)15(17)20)23(21,22)19-7-5-3-4-6-8-19/h9-10H,3-8H2,1-2H3. The van der Waals surface area contributed by atoms with Gasteiger partial charge in [0.1, 0.15) is 0 Å². The minimum atomic E-state index is -3.57. The van der Waals surface area contributed by atoms with Crippen molar-refractivity contribution in [1.29, 1.82) is 0 Å². The maximum Gasteiger partial charge on any atom is 0.328 e. The number of hydrogen-bond acceptors (Lipinski definition) is 3. The molecule has 0 atom stereocenters. The van der Waals surface area contributed by atoms with Gasteiger partial charge in [-0.25, -0.2) is 13.2 Å². The third-order valence-corrected chi connectivity index (χ3v) is 7.37. The molecule has 1 aromatic carbocycles. The highest BCUT2D eigenvalue weighted by Crippen LogP contribution is 2.30. The van der Waals surface area contributed by atoms with Gasteiger partial charge in [0, 0.05) is 31.7 Å². The summed E-state index contributed by atoms with van der Waals surface area (Å²) >= 11 is 3.38. The number of hydrogen-bond donors (Lipinski definition) is 0. The van der Waals surface area contributed by atoms with Crippen LogP contribution in [0.3, 0.4) is 0 Å². The van der Waals surface area contributed by atoms with Crippen LogP contribution < -0.4 is 5.69 Å². The summed E-state index contributed by atoms with van der Waals surface area (Å²) in [6.07, 6.45) is 3.92. The molecular weight excluding hydrogens is 382 g/mol. The summed E-state index contributed by atoms with van der Waals surface area (Å²) in [5.41, 5.74) is 1.16. The summed E-state index contributed by atoms with van der Waals surface area (Å²) in [6, 6.07) is 3.31. The van der Waals surface area contributed by atoms with Crippen molar-refractivity contribution in [2.75, 3.05) is 13.1 Å². The van der Waals surface area contributed by atoms with Crippen LogP contribution in [0, 0.1) is 0 Å². The van der Waals surface area contributed by atoms with Crippen LogP contribution in [-0.2, 0) is 24.1 Å². The van der Waals surface area contributed by atoms with Gasteiger partial charge in [-0.05, 0) is 40.9 Å². The number of benzene rings is 1. The zero-order valence-electron chi connectivity index (χ0n) is 13.2. The van der Waals surface area contributed by atoms with Gasteiger partial charge in [-0.15, -0.1) is 0 Å². The lowest BCUT2D eigenvalue weighted by Crippen LogP contribution is -2.32. The molecule has 0 N–H and O–H groups in total. The lowest BCUT2D eigenvalue weighted by atomic mass is 10.2. The molecule has 8 heteroatoms. The largest absolute Gasteiger partial charge is 0.328 e. The minimum absolute atomic E-state index is 0.170. The summed E-state index contributed by atoms with van der Waals surface area (Å²) in [6.45, 7) is 1.11. The summed E-state index contributed by atoms with van der Waals surface area (Å²) < 4.78 is 31.1. The molecule has 0 bridgehead atoms. The molecule has 23 heavy (non-hydrogen) atoms. The Morgan fingerprint density at radius 2 is 1.48 bits per heavy atom. The van der Waals surface area contributed by atoms with E-state index in [0.717, 1.165) is 25.7 Å². The smallest absolute Gasteiger partial charge is 0.295 e. The van der Waals surface area contributed by atoms with Gasteiger partial charge in [0.2, 0.25) is 10.0 Å². The van der Waals surface area contributed by atoms with Crippen LogP contribution in [0.2, 0.25) is 0 Å². The van der Waals surface area contributed by atoms with Gasteiger partial charge >= 0.3 is 5.69 Å². The molecule has 2 heterocycles. The number of aromatic nitrogens is 2. The molecule has 126 valence electrons. The topological polar surface area (TPSA) is 64.3 Å². The van der Waals surface area contributed by atoms with E-state index in [-0.39, 0.29) is 10.6 Å². The second-order valence-corrected chi connectivity index (χ2v) is 8.75. The molecule has 0 amide bonds. The SMILES string of the molecule is Cn1c(=O)n(C)c2cc(S(=O)(=O)N3CCCCCC3)c(Br)cc21. The average molecular weight is 402 g/mol. The van der Waals surface area contributed by atoms with Gasteiger partial charge in [0.25, 0.3) is 0 Å². The van der Waals surface area contributed by atoms with Gasteiger partial charge in [-0.3, -0.25) is 9.13 Å². The number of sulfonamides is 1. The lowest BCUT2D eigenvalue weighted by Gasteiger charge is -2.20. The van der Waals surface area contributed by atoms with E-state index in [4.69, 9.17) is 0 Å². The average Bonchev–Trinajstić information content (AvgIpc) is 2.75. The van der Waals surface area contributed by atoms with Crippen molar-refractivity contribution in [1.82, 2.24) is 13.4 Å². The quantitative estimate of drug-likeness (QED) is 0.774. The van der Waals surface area contributed by atoms with Gasteiger partial charge in [-0.2, -0.15) is 4.31 Å². The predicted molar refractivity (Wildman–Crippen MR) is 93.1 cm³/mol. The van der Waals surface area contributed by atoms with E-state index in [0.29, 0.717) is 28.6 Å². The molecule has 0 saturated carbocycles. The Labute approximate surface area is 143 Å². The van der Waals surface area contributed by atoms with Crippen molar-refractivity contribution >= 4 is 37.0 Å². The van der Waals surface area contributed by atoms with Crippen LogP contribution in [0.5, 0.6) is 0 Å². The molecule has 3 rings (SSSR count). The van der Waals surface area contributed by atoms with Crippen LogP contribution in [0.1, 0.15) is 25.7 Å². The Morgan fingerprint density at radius 3 is 2.04 bits per heavy atom. The molecule has 1 aliphatic heterocycles. The third kappa shape index (κ3) is 2.77. The maximum absolute atomic E-state index is 13.0. The molecule has 6 nitrogen and oxygen atoms in total. The number of rotatable bonds is 2. The molecule has 0 radical (unpaired) electrons. The van der Waals surface area contributed by atoms with Crippen molar-refractivity contribution < 1.29 is 8.42 Å². The first-order valence-electron chi connectivity index (χ1n) is 7.69. The Kier molecular flexibility index (Phi) is 4.41. The Hall–Kier alpha value is -1.12. The number of imidazole rings is 1. The third-order valence-electron chi connectivity index (χ3n) is 4.51. The fraction of sp³-hybridized carbons (Fsp3) is 0.533. The fourth-order valence-corrected chi connectivity index (χ4v) is 5.65. The first-order chi connectivity index (χ1) is 10.8. The second-order valence-electron chi connectivity index (χ2n) is 5.99. The molecule has 1 fully saturated rings. The van der Waals surface area contributed by atoms with E-state index in [1.807, 2.05) is 0 Å². The van der Waals surface area contributed by atoms with Crippen LogP contribution in [0.15, 0.2) is 26.3 Å². The summed E-state index contributed by atoms with van der Waals surface area (Å²) in [5, 5.41) is 0. The van der Waals surface area contributed by atoms with Crippen molar-refractivity contribution in [2.24, 2.45) is 14.1 Å². The van der Waals surface area contributed by atoms with Crippen molar-refractivity contribution in [3.8, 4) is 0 Å². The van der Waals surface area contributed by atoms with E-state index >= 15 is 0 Å². The van der Waals surface area contributed by atoms with E-state index in [2.05, 4.69) is 15.9 Å². The van der Waals surface area contributed by atoms with E-state index in [1.54, 1.807) is 30.5 Å². The number of nitrogens with zero attached hydrogens (tertiary/aromatic N) is 3. The second kappa shape index (κ2) is 6.07. The van der Waals surface area contributed by atoms with E-state index in [1.165, 1.54) is 9.13 Å². The molecule has 0 aliphatic carbocycles. The van der Waals surface area contributed by atoms with Gasteiger partial charge < -0.3 is 0 Å². The number of halogens is 1. The number of aryl methyl sites for hydroxylation is 2. The summed E-state index contributed by atoms with van der Waals surface area (Å²) in [4.78, 5) is 12.3. The minimum Gasteiger partial charge on any atom is -0.295 e. The normalized spacial score (nSPS) is 17.5. The van der Waals surface area contributed by atoms with Crippen molar-refractivity contribution in [3.05, 3.63) is 27.1 Å². The monoisotopic (exact) mass is 401 g/mol. The zero-order valence-corrected chi connectivity index (χ0v) is 15.7. The van der Waals surface area contributed by atoms with Gasteiger partial charge in [0.05, 0.1) is 15.9 Å². The van der Waals surface area contributed by atoms with Crippen LogP contribution in [-0.4, -0.2) is 34.9 Å². The Morgan fingerprint density at radius 1 is 0.957 bits per heavy atom. The van der Waals surface area contributed by atoms with E-state index in [9.17, 15) is 13.2 Å². The molecule has 2 aromatic rings. The lowest BCUT2D eigenvalue weighted by molar-refractivity contribution is 0.423. The zero-order chi connectivity index (χ0) is 16.8. The van der Waals surface area contributed by atoms with Gasteiger partial charge in [0.15, 0.2) is 0 Å². The van der Waals surface area contributed by atoms with Crippen molar-refractivity contribution in [2.45, 2.75) is 30.6 Å². The van der Waals surface area contributed by atoms with Crippen LogP contribution in [0.25, 0.3) is 11.0 Å². The molecule has 1 aliphatic rings. The Bertz CT molecular complexity index is 906.